The molecule has 0 unspecified atom stereocenters. The number of H-pyrrole nitrogens is 1. The molecule has 6 rings (SSSR count). The van der Waals surface area contributed by atoms with Crippen molar-refractivity contribution in [3.8, 4) is 17.4 Å². The molecule has 1 aliphatic rings. The van der Waals surface area contributed by atoms with E-state index < -0.39 is 17.6 Å². The summed E-state index contributed by atoms with van der Waals surface area (Å²) in [6.07, 6.45) is 3.47. The number of pyridine rings is 2. The fourth-order valence-electron chi connectivity index (χ4n) is 5.40. The lowest BCUT2D eigenvalue weighted by molar-refractivity contribution is -0.139. The summed E-state index contributed by atoms with van der Waals surface area (Å²) in [7, 11) is 0. The van der Waals surface area contributed by atoms with Gasteiger partial charge in [-0.2, -0.15) is 13.2 Å². The first kappa shape index (κ1) is 28.3. The van der Waals surface area contributed by atoms with Gasteiger partial charge in [-0.25, -0.2) is 15.0 Å². The largest absolute Gasteiger partial charge is 0.475 e. The van der Waals surface area contributed by atoms with Crippen LogP contribution >= 0.6 is 0 Å². The Morgan fingerprint density at radius 3 is 2.79 bits per heavy atom. The number of carbonyl (C=O) groups excluding carboxylic acids is 1. The number of nitrogens with one attached hydrogen (secondary N) is 1. The number of hydrogen-bond donors (Lipinski definition) is 1. The number of fused-ring (bicyclic) bond motifs is 2. The maximum atomic E-state index is 13.9. The number of aryl methyl sites for hydroxylation is 1. The molecule has 5 aromatic rings. The van der Waals surface area contributed by atoms with Crippen LogP contribution in [0.4, 0.5) is 13.2 Å². The van der Waals surface area contributed by atoms with E-state index in [0.29, 0.717) is 31.0 Å². The molecule has 0 radical (unpaired) electrons. The van der Waals surface area contributed by atoms with Gasteiger partial charge in [0.1, 0.15) is 29.3 Å². The second kappa shape index (κ2) is 11.4. The summed E-state index contributed by atoms with van der Waals surface area (Å²) < 4.78 is 54.9. The molecular weight excluding hydrogens is 561 g/mol. The molecule has 0 aliphatic carbocycles. The molecule has 1 amide bonds. The lowest BCUT2D eigenvalue weighted by atomic mass is 9.92. The summed E-state index contributed by atoms with van der Waals surface area (Å²) in [5.41, 5.74) is 2.89. The molecule has 0 spiro atoms. The van der Waals surface area contributed by atoms with Crippen molar-refractivity contribution in [3.05, 3.63) is 95.5 Å². The molecule has 0 fully saturated rings. The Balaban J connectivity index is 1.16. The minimum Gasteiger partial charge on any atom is -0.475 e. The van der Waals surface area contributed by atoms with E-state index in [4.69, 9.17) is 9.47 Å². The van der Waals surface area contributed by atoms with E-state index in [-0.39, 0.29) is 30.5 Å². The summed E-state index contributed by atoms with van der Waals surface area (Å²) in [5.74, 6) is 0.478. The number of ether oxygens (including phenoxy) is 2. The van der Waals surface area contributed by atoms with E-state index in [9.17, 15) is 18.0 Å². The maximum Gasteiger partial charge on any atom is 0.421 e. The molecule has 0 bridgehead atoms. The molecule has 1 aromatic carbocycles. The average molecular weight is 591 g/mol. The Morgan fingerprint density at radius 2 is 2.00 bits per heavy atom. The number of nitrogens with zero attached hydrogens (tertiary/aromatic N) is 5. The fourth-order valence-corrected chi connectivity index (χ4v) is 5.40. The first-order chi connectivity index (χ1) is 20.7. The van der Waals surface area contributed by atoms with Crippen molar-refractivity contribution in [2.45, 2.75) is 45.5 Å². The lowest BCUT2D eigenvalue weighted by Gasteiger charge is -2.35. The Labute approximate surface area is 245 Å². The molecule has 5 heterocycles. The number of amides is 1. The van der Waals surface area contributed by atoms with Crippen molar-refractivity contribution in [3.63, 3.8) is 0 Å². The second-order valence-corrected chi connectivity index (χ2v) is 10.5. The first-order valence-electron chi connectivity index (χ1n) is 13.8. The minimum absolute atomic E-state index is 0.0159. The van der Waals surface area contributed by atoms with E-state index in [0.717, 1.165) is 33.9 Å². The Morgan fingerprint density at radius 1 is 1.14 bits per heavy atom. The third-order valence-electron chi connectivity index (χ3n) is 7.55. The number of carbonyl (C=O) groups is 1. The van der Waals surface area contributed by atoms with Crippen molar-refractivity contribution < 1.29 is 27.4 Å². The highest BCUT2D eigenvalue weighted by Crippen LogP contribution is 2.37. The van der Waals surface area contributed by atoms with Crippen molar-refractivity contribution in [1.29, 1.82) is 0 Å². The second-order valence-electron chi connectivity index (χ2n) is 10.5. The highest BCUT2D eigenvalue weighted by atomic mass is 19.4. The van der Waals surface area contributed by atoms with Crippen molar-refractivity contribution >= 4 is 16.9 Å². The maximum absolute atomic E-state index is 13.9. The molecule has 9 nitrogen and oxygen atoms in total. The molecule has 0 saturated carbocycles. The van der Waals surface area contributed by atoms with Gasteiger partial charge < -0.3 is 23.9 Å². The van der Waals surface area contributed by atoms with Crippen LogP contribution in [0.1, 0.15) is 40.9 Å². The van der Waals surface area contributed by atoms with Crippen LogP contribution in [0, 0.1) is 6.92 Å². The molecule has 43 heavy (non-hydrogen) atoms. The predicted molar refractivity (Wildman–Crippen MR) is 152 cm³/mol. The average Bonchev–Trinajstić information content (AvgIpc) is 3.63. The van der Waals surface area contributed by atoms with Gasteiger partial charge in [-0.1, -0.05) is 6.07 Å². The number of hydrogen-bond acceptors (Lipinski definition) is 6. The summed E-state index contributed by atoms with van der Waals surface area (Å²) in [6, 6.07) is 10.2. The Kier molecular flexibility index (Phi) is 7.51. The van der Waals surface area contributed by atoms with Gasteiger partial charge in [0.15, 0.2) is 0 Å². The SMILES string of the molecule is Cc1cc2c(Oc3ccc4c(c3)[C@H](C)N(C(=O)Cc3cnc(OCCn5ccnc5)c(C(F)(F)F)c3)CC4)ccnc2[nH]1. The summed E-state index contributed by atoms with van der Waals surface area (Å²) in [5, 5.41) is 0.865. The topological polar surface area (TPSA) is 98.2 Å². The van der Waals surface area contributed by atoms with Crippen LogP contribution in [0.2, 0.25) is 0 Å². The molecule has 12 heteroatoms. The van der Waals surface area contributed by atoms with Gasteiger partial charge in [-0.05, 0) is 67.3 Å². The molecule has 1 atom stereocenters. The number of rotatable bonds is 8. The third kappa shape index (κ3) is 6.04. The van der Waals surface area contributed by atoms with Crippen LogP contribution in [0.5, 0.6) is 17.4 Å². The van der Waals surface area contributed by atoms with Gasteiger partial charge in [0, 0.05) is 37.0 Å². The van der Waals surface area contributed by atoms with Crippen LogP contribution in [0.3, 0.4) is 0 Å². The van der Waals surface area contributed by atoms with Gasteiger partial charge in [0.2, 0.25) is 11.8 Å². The zero-order valence-corrected chi connectivity index (χ0v) is 23.6. The van der Waals surface area contributed by atoms with Crippen molar-refractivity contribution in [2.24, 2.45) is 0 Å². The monoisotopic (exact) mass is 590 g/mol. The van der Waals surface area contributed by atoms with Crippen LogP contribution < -0.4 is 9.47 Å². The highest BCUT2D eigenvalue weighted by Gasteiger charge is 2.36. The van der Waals surface area contributed by atoms with E-state index in [1.54, 1.807) is 40.5 Å². The van der Waals surface area contributed by atoms with E-state index in [2.05, 4.69) is 19.9 Å². The summed E-state index contributed by atoms with van der Waals surface area (Å²) in [4.78, 5) is 30.5. The third-order valence-corrected chi connectivity index (χ3v) is 7.55. The zero-order chi connectivity index (χ0) is 30.1. The molecular formula is C31H29F3N6O3. The van der Waals surface area contributed by atoms with Crippen LogP contribution in [-0.4, -0.2) is 48.5 Å². The quantitative estimate of drug-likeness (QED) is 0.237. The van der Waals surface area contributed by atoms with Gasteiger partial charge in [0.25, 0.3) is 0 Å². The Bertz CT molecular complexity index is 1770. The lowest BCUT2D eigenvalue weighted by Crippen LogP contribution is -2.39. The zero-order valence-electron chi connectivity index (χ0n) is 23.6. The highest BCUT2D eigenvalue weighted by molar-refractivity contribution is 5.83. The smallest absolute Gasteiger partial charge is 0.421 e. The molecule has 0 saturated heterocycles. The van der Waals surface area contributed by atoms with Gasteiger partial charge in [-0.15, -0.1) is 0 Å². The molecule has 1 N–H and O–H groups in total. The number of alkyl halides is 3. The van der Waals surface area contributed by atoms with Gasteiger partial charge in [0.05, 0.1) is 30.7 Å². The van der Waals surface area contributed by atoms with Crippen LogP contribution in [0.25, 0.3) is 11.0 Å². The van der Waals surface area contributed by atoms with Crippen LogP contribution in [-0.2, 0) is 30.4 Å². The predicted octanol–water partition coefficient (Wildman–Crippen LogP) is 6.04. The van der Waals surface area contributed by atoms with E-state index in [1.165, 1.54) is 6.20 Å². The number of aromatic nitrogens is 5. The van der Waals surface area contributed by atoms with Crippen LogP contribution in [0.15, 0.2) is 67.5 Å². The summed E-state index contributed by atoms with van der Waals surface area (Å²) in [6.45, 7) is 4.62. The van der Waals surface area contributed by atoms with Crippen molar-refractivity contribution in [2.75, 3.05) is 13.2 Å². The minimum atomic E-state index is -4.69. The van der Waals surface area contributed by atoms with Gasteiger partial charge >= 0.3 is 6.18 Å². The number of benzene rings is 1. The molecule has 4 aromatic heterocycles. The standard InChI is InChI=1S/C31H29F3N6O3/c1-19-13-25-27(5-7-36-29(25)38-19)43-23-4-3-22-6-9-40(20(2)24(22)16-23)28(41)15-21-14-26(31(32,33)34)30(37-17-21)42-12-11-39-10-8-35-18-39/h3-5,7-8,10,13-14,16-18,20H,6,9,11-12,15H2,1-2H3,(H,36,38)/t20-/m0/s1. The van der Waals surface area contributed by atoms with Crippen molar-refractivity contribution in [1.82, 2.24) is 29.4 Å². The molecule has 1 aliphatic heterocycles. The van der Waals surface area contributed by atoms with E-state index in [1.807, 2.05) is 38.1 Å². The number of imidazole rings is 1. The molecule has 222 valence electrons. The first-order valence-corrected chi connectivity index (χ1v) is 13.8. The van der Waals surface area contributed by atoms with Gasteiger partial charge in [-0.3, -0.25) is 4.79 Å². The normalized spacial score (nSPS) is 15.0. The Hall–Kier alpha value is -4.87. The summed E-state index contributed by atoms with van der Waals surface area (Å²) >= 11 is 0. The van der Waals surface area contributed by atoms with E-state index >= 15 is 0 Å². The number of halogens is 3. The number of aromatic amines is 1. The fraction of sp³-hybridized carbons (Fsp3) is 0.290.